The zero-order chi connectivity index (χ0) is 17.4. The Morgan fingerprint density at radius 3 is 2.16 bits per heavy atom. The van der Waals surface area contributed by atoms with E-state index in [2.05, 4.69) is 35.2 Å². The van der Waals surface area contributed by atoms with Crippen LogP contribution in [0.5, 0.6) is 0 Å². The Morgan fingerprint density at radius 1 is 0.920 bits per heavy atom. The predicted octanol–water partition coefficient (Wildman–Crippen LogP) is 4.89. The molecule has 7 heteroatoms. The Morgan fingerprint density at radius 2 is 1.56 bits per heavy atom. The van der Waals surface area contributed by atoms with E-state index in [0.29, 0.717) is 0 Å². The standard InChI is InChI=1S/C18H16BrN5S/c1-13-14(2)25-18(20-13)22-17(15-9-5-3-6-10-15)21-24(19)23(22)16-11-7-4-8-12-16/h3-12H,1-2H3. The van der Waals surface area contributed by atoms with Gasteiger partial charge in [0.25, 0.3) is 0 Å². The molecule has 0 aliphatic carbocycles. The Balaban J connectivity index is 1.85. The molecule has 0 N–H and O–H groups in total. The van der Waals surface area contributed by atoms with E-state index in [0.717, 1.165) is 27.9 Å². The highest BCUT2D eigenvalue weighted by Gasteiger charge is 2.35. The largest absolute Gasteiger partial charge is 0.223 e. The van der Waals surface area contributed by atoms with Gasteiger partial charge >= 0.3 is 0 Å². The fourth-order valence-corrected chi connectivity index (χ4v) is 3.96. The van der Waals surface area contributed by atoms with Crippen molar-refractivity contribution in [3.05, 3.63) is 76.8 Å². The molecule has 126 valence electrons. The van der Waals surface area contributed by atoms with Gasteiger partial charge in [0.2, 0.25) is 5.13 Å². The van der Waals surface area contributed by atoms with Crippen LogP contribution in [0.4, 0.5) is 10.8 Å². The molecule has 1 aliphatic heterocycles. The number of aryl methyl sites for hydroxylation is 2. The van der Waals surface area contributed by atoms with Crippen molar-refractivity contribution in [2.24, 2.45) is 5.10 Å². The molecule has 0 unspecified atom stereocenters. The van der Waals surface area contributed by atoms with E-state index in [1.165, 1.54) is 4.88 Å². The van der Waals surface area contributed by atoms with Crippen molar-refractivity contribution in [1.82, 2.24) is 9.13 Å². The fraction of sp³-hybridized carbons (Fsp3) is 0.111. The number of hydrazine groups is 2. The minimum Gasteiger partial charge on any atom is -0.223 e. The second kappa shape index (κ2) is 6.50. The van der Waals surface area contributed by atoms with E-state index in [9.17, 15) is 0 Å². The molecule has 1 aliphatic rings. The lowest BCUT2D eigenvalue weighted by Crippen LogP contribution is -2.45. The average molecular weight is 414 g/mol. The van der Waals surface area contributed by atoms with Crippen molar-refractivity contribution < 1.29 is 0 Å². The number of thiazole rings is 1. The molecule has 0 spiro atoms. The zero-order valence-electron chi connectivity index (χ0n) is 13.8. The van der Waals surface area contributed by atoms with Gasteiger partial charge < -0.3 is 0 Å². The van der Waals surface area contributed by atoms with Gasteiger partial charge in [0.15, 0.2) is 5.84 Å². The number of hydrogen-bond acceptors (Lipinski definition) is 6. The van der Waals surface area contributed by atoms with E-state index in [1.54, 1.807) is 15.5 Å². The van der Waals surface area contributed by atoms with E-state index in [-0.39, 0.29) is 0 Å². The van der Waals surface area contributed by atoms with Crippen LogP contribution in [0, 0.1) is 13.8 Å². The lowest BCUT2D eigenvalue weighted by atomic mass is 10.2. The number of para-hydroxylation sites is 1. The Bertz CT molecular complexity index is 890. The molecule has 3 aromatic rings. The summed E-state index contributed by atoms with van der Waals surface area (Å²) in [7, 11) is 0. The van der Waals surface area contributed by atoms with E-state index in [1.807, 2.05) is 65.6 Å². The van der Waals surface area contributed by atoms with Crippen LogP contribution in [-0.4, -0.2) is 15.0 Å². The molecule has 2 heterocycles. The van der Waals surface area contributed by atoms with Crippen LogP contribution < -0.4 is 10.1 Å². The summed E-state index contributed by atoms with van der Waals surface area (Å²) in [5, 5.41) is 9.57. The summed E-state index contributed by atoms with van der Waals surface area (Å²) < 4.78 is 1.66. The molecular weight excluding hydrogens is 398 g/mol. The third-order valence-electron chi connectivity index (χ3n) is 3.94. The topological polar surface area (TPSA) is 35.0 Å². The molecule has 4 rings (SSSR count). The fourth-order valence-electron chi connectivity index (χ4n) is 2.58. The second-order valence-electron chi connectivity index (χ2n) is 5.61. The maximum absolute atomic E-state index is 4.75. The molecule has 0 fully saturated rings. The first kappa shape index (κ1) is 16.1. The van der Waals surface area contributed by atoms with Crippen LogP contribution in [-0.2, 0) is 0 Å². The summed E-state index contributed by atoms with van der Waals surface area (Å²) >= 11 is 5.20. The quantitative estimate of drug-likeness (QED) is 0.572. The van der Waals surface area contributed by atoms with E-state index < -0.39 is 0 Å². The minimum absolute atomic E-state index is 0.815. The normalized spacial score (nSPS) is 14.2. The Labute approximate surface area is 159 Å². The molecule has 5 nitrogen and oxygen atoms in total. The zero-order valence-corrected chi connectivity index (χ0v) is 16.2. The molecule has 2 aromatic carbocycles. The van der Waals surface area contributed by atoms with Gasteiger partial charge in [0, 0.05) is 10.4 Å². The first-order valence-corrected chi connectivity index (χ1v) is 9.37. The SMILES string of the molecule is Cc1nc(N2C(c3ccccc3)=NN(Br)N2c2ccccc2)sc1C. The molecule has 0 atom stereocenters. The molecule has 0 amide bonds. The maximum Gasteiger partial charge on any atom is 0.212 e. The lowest BCUT2D eigenvalue weighted by Gasteiger charge is -2.31. The number of hydrazone groups is 1. The molecule has 0 bridgehead atoms. The smallest absolute Gasteiger partial charge is 0.212 e. The van der Waals surface area contributed by atoms with Gasteiger partial charge in [0.1, 0.15) is 0 Å². The van der Waals surface area contributed by atoms with Gasteiger partial charge in [0.05, 0.1) is 27.5 Å². The van der Waals surface area contributed by atoms with Crippen molar-refractivity contribution in [1.29, 1.82) is 0 Å². The number of aromatic nitrogens is 1. The summed E-state index contributed by atoms with van der Waals surface area (Å²) in [6, 6.07) is 20.2. The maximum atomic E-state index is 4.75. The van der Waals surface area contributed by atoms with Gasteiger partial charge in [-0.15, -0.1) is 9.25 Å². The van der Waals surface area contributed by atoms with Gasteiger partial charge in [-0.3, -0.25) is 0 Å². The molecule has 25 heavy (non-hydrogen) atoms. The van der Waals surface area contributed by atoms with Crippen LogP contribution in [0.2, 0.25) is 0 Å². The van der Waals surface area contributed by atoms with Crippen LogP contribution in [0.3, 0.4) is 0 Å². The highest BCUT2D eigenvalue weighted by atomic mass is 79.9. The third-order valence-corrected chi connectivity index (χ3v) is 5.45. The van der Waals surface area contributed by atoms with Crippen LogP contribution in [0.1, 0.15) is 16.1 Å². The van der Waals surface area contributed by atoms with E-state index >= 15 is 0 Å². The first-order chi connectivity index (χ1) is 12.1. The van der Waals surface area contributed by atoms with Crippen molar-refractivity contribution >= 4 is 44.1 Å². The number of rotatable bonds is 3. The highest BCUT2D eigenvalue weighted by Crippen LogP contribution is 2.35. The summed E-state index contributed by atoms with van der Waals surface area (Å²) in [5.41, 5.74) is 3.05. The van der Waals surface area contributed by atoms with Gasteiger partial charge in [-0.05, 0) is 26.0 Å². The van der Waals surface area contributed by atoms with Gasteiger partial charge in [-0.1, -0.05) is 59.9 Å². The second-order valence-corrected chi connectivity index (χ2v) is 7.42. The van der Waals surface area contributed by atoms with Gasteiger partial charge in [-0.25, -0.2) is 4.98 Å². The minimum atomic E-state index is 0.815. The van der Waals surface area contributed by atoms with Crippen molar-refractivity contribution in [2.45, 2.75) is 13.8 Å². The number of hydrogen-bond donors (Lipinski definition) is 0. The number of anilines is 2. The van der Waals surface area contributed by atoms with Gasteiger partial charge in [-0.2, -0.15) is 10.1 Å². The predicted molar refractivity (Wildman–Crippen MR) is 107 cm³/mol. The summed E-state index contributed by atoms with van der Waals surface area (Å²) in [6.45, 7) is 4.12. The number of amidine groups is 1. The van der Waals surface area contributed by atoms with Crippen molar-refractivity contribution in [2.75, 3.05) is 10.1 Å². The summed E-state index contributed by atoms with van der Waals surface area (Å²) in [5.74, 6) is 0.815. The molecule has 0 saturated carbocycles. The van der Waals surface area contributed by atoms with Crippen LogP contribution >= 0.6 is 27.5 Å². The number of nitrogens with zero attached hydrogens (tertiary/aromatic N) is 5. The van der Waals surface area contributed by atoms with Crippen LogP contribution in [0.25, 0.3) is 0 Å². The molecule has 0 saturated heterocycles. The average Bonchev–Trinajstić information content (AvgIpc) is 3.16. The molecule has 1 aromatic heterocycles. The Hall–Kier alpha value is -2.38. The van der Waals surface area contributed by atoms with Crippen molar-refractivity contribution in [3.63, 3.8) is 0 Å². The monoisotopic (exact) mass is 413 g/mol. The van der Waals surface area contributed by atoms with Crippen molar-refractivity contribution in [3.8, 4) is 0 Å². The Kier molecular flexibility index (Phi) is 4.19. The number of benzene rings is 2. The third kappa shape index (κ3) is 2.89. The van der Waals surface area contributed by atoms with Crippen LogP contribution in [0.15, 0.2) is 65.8 Å². The first-order valence-electron chi connectivity index (χ1n) is 7.84. The highest BCUT2D eigenvalue weighted by molar-refractivity contribution is 9.07. The van der Waals surface area contributed by atoms with E-state index in [4.69, 9.17) is 10.1 Å². The number of halogens is 1. The lowest BCUT2D eigenvalue weighted by molar-refractivity contribution is 0.516. The molecule has 0 radical (unpaired) electrons. The summed E-state index contributed by atoms with van der Waals surface area (Å²) in [6.07, 6.45) is 0. The molecular formula is C18H16BrN5S. The summed E-state index contributed by atoms with van der Waals surface area (Å²) in [4.78, 5) is 5.95.